The number of nitrogen functional groups attached to an aromatic ring is 1. The van der Waals surface area contributed by atoms with Crippen LogP contribution in [0, 0.1) is 11.3 Å². The van der Waals surface area contributed by atoms with Crippen molar-refractivity contribution in [1.29, 1.82) is 5.26 Å². The third-order valence-electron chi connectivity index (χ3n) is 1.59. The first-order chi connectivity index (χ1) is 5.79. The predicted molar refractivity (Wildman–Crippen MR) is 44.3 cm³/mol. The average molecular weight is 158 g/mol. The molecule has 0 bridgehead atoms. The van der Waals surface area contributed by atoms with Crippen LogP contribution >= 0.6 is 0 Å². The van der Waals surface area contributed by atoms with E-state index < -0.39 is 0 Å². The quantitative estimate of drug-likeness (QED) is 0.616. The van der Waals surface area contributed by atoms with Gasteiger partial charge in [0.1, 0.15) is 11.7 Å². The molecule has 0 aromatic carbocycles. The zero-order valence-corrected chi connectivity index (χ0v) is 6.23. The molecule has 0 saturated heterocycles. The Kier molecular flexibility index (Phi) is 1.25. The van der Waals surface area contributed by atoms with Gasteiger partial charge >= 0.3 is 0 Å². The Hall–Kier alpha value is -2.02. The predicted octanol–water partition coefficient (Wildman–Crippen LogP) is 0.788. The van der Waals surface area contributed by atoms with E-state index in [1.54, 1.807) is 28.9 Å². The smallest absolute Gasteiger partial charge is 0.159 e. The first-order valence-corrected chi connectivity index (χ1v) is 3.44. The lowest BCUT2D eigenvalue weighted by molar-refractivity contribution is 1.19. The van der Waals surface area contributed by atoms with Crippen LogP contribution in [0.25, 0.3) is 5.65 Å². The van der Waals surface area contributed by atoms with E-state index in [4.69, 9.17) is 11.0 Å². The van der Waals surface area contributed by atoms with Crippen LogP contribution in [0.2, 0.25) is 0 Å². The van der Waals surface area contributed by atoms with Crippen molar-refractivity contribution in [1.82, 2.24) is 9.38 Å². The van der Waals surface area contributed by atoms with Crippen LogP contribution in [0.15, 0.2) is 24.5 Å². The van der Waals surface area contributed by atoms with E-state index in [2.05, 4.69) is 4.98 Å². The Morgan fingerprint density at radius 1 is 1.42 bits per heavy atom. The lowest BCUT2D eigenvalue weighted by Crippen LogP contribution is -1.88. The van der Waals surface area contributed by atoms with Gasteiger partial charge in [-0.2, -0.15) is 5.26 Å². The lowest BCUT2D eigenvalue weighted by Gasteiger charge is -1.93. The summed E-state index contributed by atoms with van der Waals surface area (Å²) in [6.45, 7) is 0. The summed E-state index contributed by atoms with van der Waals surface area (Å²) < 4.78 is 1.73. The first kappa shape index (κ1) is 6.68. The Morgan fingerprint density at radius 3 is 3.00 bits per heavy atom. The largest absolute Gasteiger partial charge is 0.398 e. The van der Waals surface area contributed by atoms with Gasteiger partial charge in [0.05, 0.1) is 0 Å². The van der Waals surface area contributed by atoms with Gasteiger partial charge in [-0.15, -0.1) is 0 Å². The van der Waals surface area contributed by atoms with Crippen LogP contribution in [0.3, 0.4) is 0 Å². The van der Waals surface area contributed by atoms with Gasteiger partial charge in [0, 0.05) is 18.1 Å². The molecule has 0 fully saturated rings. The van der Waals surface area contributed by atoms with E-state index in [-0.39, 0.29) is 0 Å². The highest BCUT2D eigenvalue weighted by Crippen LogP contribution is 2.07. The molecule has 0 amide bonds. The monoisotopic (exact) mass is 158 g/mol. The molecule has 2 aromatic heterocycles. The summed E-state index contributed by atoms with van der Waals surface area (Å²) in [5, 5.41) is 8.55. The van der Waals surface area contributed by atoms with Crippen LogP contribution in [-0.2, 0) is 0 Å². The van der Waals surface area contributed by atoms with Crippen molar-refractivity contribution in [2.75, 3.05) is 5.73 Å². The maximum absolute atomic E-state index is 8.55. The first-order valence-electron chi connectivity index (χ1n) is 3.44. The molecule has 0 unspecified atom stereocenters. The fraction of sp³-hybridized carbons (Fsp3) is 0. The number of hydrogen-bond acceptors (Lipinski definition) is 3. The minimum Gasteiger partial charge on any atom is -0.398 e. The van der Waals surface area contributed by atoms with E-state index in [0.717, 1.165) is 5.65 Å². The number of aromatic nitrogens is 2. The van der Waals surface area contributed by atoms with E-state index in [1.807, 2.05) is 6.07 Å². The van der Waals surface area contributed by atoms with Gasteiger partial charge in [-0.3, -0.25) is 0 Å². The van der Waals surface area contributed by atoms with Crippen molar-refractivity contribution in [3.8, 4) is 6.07 Å². The zero-order valence-electron chi connectivity index (χ0n) is 6.23. The fourth-order valence-electron chi connectivity index (χ4n) is 1.06. The Morgan fingerprint density at radius 2 is 2.25 bits per heavy atom. The molecular formula is C8H6N4. The van der Waals surface area contributed by atoms with E-state index >= 15 is 0 Å². The van der Waals surface area contributed by atoms with Crippen molar-refractivity contribution in [2.24, 2.45) is 0 Å². The lowest BCUT2D eigenvalue weighted by atomic mass is 10.4. The number of nitrogens with two attached hydrogens (primary N) is 1. The maximum Gasteiger partial charge on any atom is 0.159 e. The maximum atomic E-state index is 8.55. The summed E-state index contributed by atoms with van der Waals surface area (Å²) >= 11 is 0. The third kappa shape index (κ3) is 0.883. The van der Waals surface area contributed by atoms with Crippen LogP contribution in [0.1, 0.15) is 5.69 Å². The van der Waals surface area contributed by atoms with Crippen LogP contribution < -0.4 is 5.73 Å². The normalized spacial score (nSPS) is 9.92. The van der Waals surface area contributed by atoms with Gasteiger partial charge in [-0.05, 0) is 12.1 Å². The Balaban J connectivity index is 2.77. The minimum atomic E-state index is 0.403. The molecule has 2 N–H and O–H groups in total. The molecule has 2 heterocycles. The molecule has 0 atom stereocenters. The van der Waals surface area contributed by atoms with E-state index in [1.165, 1.54) is 0 Å². The van der Waals surface area contributed by atoms with Gasteiger partial charge in [0.15, 0.2) is 5.69 Å². The molecule has 12 heavy (non-hydrogen) atoms. The summed E-state index contributed by atoms with van der Waals surface area (Å²) in [6.07, 6.45) is 3.37. The summed E-state index contributed by atoms with van der Waals surface area (Å²) in [7, 11) is 0. The zero-order chi connectivity index (χ0) is 8.55. The van der Waals surface area contributed by atoms with Crippen molar-refractivity contribution < 1.29 is 0 Å². The van der Waals surface area contributed by atoms with Gasteiger partial charge in [0.2, 0.25) is 0 Å². The highest BCUT2D eigenvalue weighted by Gasteiger charge is 1.98. The summed E-state index contributed by atoms with van der Waals surface area (Å²) in [5.74, 6) is 0. The van der Waals surface area contributed by atoms with Crippen molar-refractivity contribution in [3.63, 3.8) is 0 Å². The molecule has 4 nitrogen and oxygen atoms in total. The number of fused-ring (bicyclic) bond motifs is 1. The van der Waals surface area contributed by atoms with Gasteiger partial charge in [0.25, 0.3) is 0 Å². The minimum absolute atomic E-state index is 0.403. The van der Waals surface area contributed by atoms with Crippen LogP contribution in [-0.4, -0.2) is 9.38 Å². The topological polar surface area (TPSA) is 67.1 Å². The SMILES string of the molecule is N#Cc1cn2cc(N)ccc2n1. The summed E-state index contributed by atoms with van der Waals surface area (Å²) in [6, 6.07) is 5.49. The molecule has 0 radical (unpaired) electrons. The molecule has 2 rings (SSSR count). The molecular weight excluding hydrogens is 152 g/mol. The van der Waals surface area contributed by atoms with Crippen molar-refractivity contribution in [2.45, 2.75) is 0 Å². The Bertz CT molecular complexity index is 463. The number of pyridine rings is 1. The average Bonchev–Trinajstić information content (AvgIpc) is 2.46. The Labute approximate surface area is 68.9 Å². The standard InChI is InChI=1S/C8H6N4/c9-3-7-5-12-4-6(10)1-2-8(12)11-7/h1-2,4-5H,10H2. The second-order valence-electron chi connectivity index (χ2n) is 2.47. The number of rotatable bonds is 0. The second kappa shape index (κ2) is 2.24. The summed E-state index contributed by atoms with van der Waals surface area (Å²) in [5.41, 5.74) is 7.34. The second-order valence-corrected chi connectivity index (χ2v) is 2.47. The van der Waals surface area contributed by atoms with Crippen LogP contribution in [0.5, 0.6) is 0 Å². The number of nitrogens with zero attached hydrogens (tertiary/aromatic N) is 3. The van der Waals surface area contributed by atoms with Gasteiger partial charge in [-0.25, -0.2) is 4.98 Å². The van der Waals surface area contributed by atoms with Crippen molar-refractivity contribution >= 4 is 11.3 Å². The fourth-order valence-corrected chi connectivity index (χ4v) is 1.06. The summed E-state index contributed by atoms with van der Waals surface area (Å²) in [4.78, 5) is 4.02. The molecule has 4 heteroatoms. The molecule has 0 saturated carbocycles. The number of anilines is 1. The van der Waals surface area contributed by atoms with E-state index in [9.17, 15) is 0 Å². The molecule has 0 spiro atoms. The van der Waals surface area contributed by atoms with Crippen LogP contribution in [0.4, 0.5) is 5.69 Å². The molecule has 58 valence electrons. The third-order valence-corrected chi connectivity index (χ3v) is 1.59. The molecule has 0 aliphatic carbocycles. The molecule has 0 aliphatic rings. The van der Waals surface area contributed by atoms with Gasteiger partial charge < -0.3 is 10.1 Å². The number of hydrogen-bond donors (Lipinski definition) is 1. The molecule has 0 aliphatic heterocycles. The number of imidazole rings is 1. The van der Waals surface area contributed by atoms with E-state index in [0.29, 0.717) is 11.4 Å². The molecule has 2 aromatic rings. The number of nitriles is 1. The van der Waals surface area contributed by atoms with Gasteiger partial charge in [-0.1, -0.05) is 0 Å². The highest BCUT2D eigenvalue weighted by atomic mass is 15.0. The van der Waals surface area contributed by atoms with Crippen molar-refractivity contribution in [3.05, 3.63) is 30.2 Å². The highest BCUT2D eigenvalue weighted by molar-refractivity contribution is 5.49.